The number of rotatable bonds is 8. The molecule has 1 aromatic carbocycles. The number of nitro groups is 1. The molecule has 1 amide bonds. The maximum Gasteiger partial charge on any atom is 0.276 e. The number of aromatic nitrogens is 1. The van der Waals surface area contributed by atoms with E-state index in [2.05, 4.69) is 10.3 Å². The molecule has 138 valence electrons. The van der Waals surface area contributed by atoms with Crippen molar-refractivity contribution in [2.24, 2.45) is 0 Å². The molecule has 26 heavy (non-hydrogen) atoms. The monoisotopic (exact) mass is 363 g/mol. The normalized spacial score (nSPS) is 10.4. The van der Waals surface area contributed by atoms with Crippen molar-refractivity contribution in [3.63, 3.8) is 0 Å². The third kappa shape index (κ3) is 4.73. The molecular formula is C17H18FN3O5. The van der Waals surface area contributed by atoms with Gasteiger partial charge in [0.1, 0.15) is 12.4 Å². The molecule has 0 saturated carbocycles. The van der Waals surface area contributed by atoms with Crippen LogP contribution in [0.25, 0.3) is 0 Å². The fourth-order valence-corrected chi connectivity index (χ4v) is 2.17. The van der Waals surface area contributed by atoms with Gasteiger partial charge in [-0.05, 0) is 19.1 Å². The highest BCUT2D eigenvalue weighted by molar-refractivity contribution is 5.95. The summed E-state index contributed by atoms with van der Waals surface area (Å²) < 4.78 is 24.2. The van der Waals surface area contributed by atoms with Crippen molar-refractivity contribution in [3.05, 3.63) is 63.1 Å². The van der Waals surface area contributed by atoms with Crippen LogP contribution in [0.2, 0.25) is 0 Å². The van der Waals surface area contributed by atoms with Gasteiger partial charge in [-0.15, -0.1) is 0 Å². The number of methoxy groups -OCH3 is 1. The topological polar surface area (TPSA) is 104 Å². The number of pyridine rings is 1. The number of benzene rings is 1. The molecule has 1 heterocycles. The molecule has 0 fully saturated rings. The lowest BCUT2D eigenvalue weighted by Crippen LogP contribution is -2.24. The first-order chi connectivity index (χ1) is 12.4. The Morgan fingerprint density at radius 2 is 2.15 bits per heavy atom. The van der Waals surface area contributed by atoms with E-state index < -0.39 is 22.3 Å². The van der Waals surface area contributed by atoms with Gasteiger partial charge in [0, 0.05) is 37.0 Å². The minimum Gasteiger partial charge on any atom is -0.475 e. The number of amides is 1. The zero-order valence-electron chi connectivity index (χ0n) is 14.3. The van der Waals surface area contributed by atoms with Crippen LogP contribution in [-0.4, -0.2) is 36.1 Å². The molecular weight excluding hydrogens is 345 g/mol. The van der Waals surface area contributed by atoms with Crippen LogP contribution in [0.3, 0.4) is 0 Å². The number of hydrogen-bond donors (Lipinski definition) is 1. The number of carbonyl (C=O) groups excluding carboxylic acids is 1. The summed E-state index contributed by atoms with van der Waals surface area (Å²) >= 11 is 0. The molecule has 0 aliphatic heterocycles. The predicted molar refractivity (Wildman–Crippen MR) is 90.6 cm³/mol. The lowest BCUT2D eigenvalue weighted by atomic mass is 10.1. The SMILES string of the molecule is COCCOc1ncccc1CNC(=O)c1cc(F)c(C)c([N+](=O)[O-])c1. The van der Waals surface area contributed by atoms with Gasteiger partial charge < -0.3 is 14.8 Å². The lowest BCUT2D eigenvalue weighted by molar-refractivity contribution is -0.385. The Labute approximate surface area is 149 Å². The van der Waals surface area contributed by atoms with E-state index in [1.54, 1.807) is 25.4 Å². The van der Waals surface area contributed by atoms with Gasteiger partial charge >= 0.3 is 0 Å². The number of hydrogen-bond acceptors (Lipinski definition) is 6. The molecule has 2 rings (SSSR count). The second-order valence-corrected chi connectivity index (χ2v) is 5.35. The van der Waals surface area contributed by atoms with Crippen LogP contribution in [0.15, 0.2) is 30.5 Å². The summed E-state index contributed by atoms with van der Waals surface area (Å²) in [6, 6.07) is 5.42. The molecule has 1 N–H and O–H groups in total. The van der Waals surface area contributed by atoms with Gasteiger partial charge in [0.25, 0.3) is 11.6 Å². The second-order valence-electron chi connectivity index (χ2n) is 5.35. The minimum absolute atomic E-state index is 0.0677. The molecule has 2 aromatic rings. The van der Waals surface area contributed by atoms with Crippen molar-refractivity contribution >= 4 is 11.6 Å². The van der Waals surface area contributed by atoms with Gasteiger partial charge in [0.15, 0.2) is 0 Å². The summed E-state index contributed by atoms with van der Waals surface area (Å²) in [5.41, 5.74) is -0.0858. The Hall–Kier alpha value is -3.07. The molecule has 0 spiro atoms. The summed E-state index contributed by atoms with van der Waals surface area (Å²) in [7, 11) is 1.54. The zero-order valence-corrected chi connectivity index (χ0v) is 14.3. The number of nitrogens with zero attached hydrogens (tertiary/aromatic N) is 2. The number of nitrogens with one attached hydrogen (secondary N) is 1. The maximum absolute atomic E-state index is 13.8. The van der Waals surface area contributed by atoms with Crippen LogP contribution in [0.5, 0.6) is 5.88 Å². The van der Waals surface area contributed by atoms with Crippen molar-refractivity contribution in [1.29, 1.82) is 0 Å². The van der Waals surface area contributed by atoms with Gasteiger partial charge in [-0.2, -0.15) is 0 Å². The highest BCUT2D eigenvalue weighted by Crippen LogP contribution is 2.23. The van der Waals surface area contributed by atoms with E-state index in [1.165, 1.54) is 6.92 Å². The molecule has 1 aromatic heterocycles. The summed E-state index contributed by atoms with van der Waals surface area (Å²) in [6.07, 6.45) is 1.55. The quantitative estimate of drug-likeness (QED) is 0.439. The zero-order chi connectivity index (χ0) is 19.1. The van der Waals surface area contributed by atoms with Crippen LogP contribution in [0.4, 0.5) is 10.1 Å². The van der Waals surface area contributed by atoms with E-state index in [1.807, 2.05) is 0 Å². The molecule has 0 atom stereocenters. The van der Waals surface area contributed by atoms with Gasteiger partial charge in [-0.3, -0.25) is 14.9 Å². The first kappa shape index (κ1) is 19.3. The van der Waals surface area contributed by atoms with Crippen LogP contribution < -0.4 is 10.1 Å². The van der Waals surface area contributed by atoms with Crippen LogP contribution in [-0.2, 0) is 11.3 Å². The molecule has 0 aliphatic rings. The molecule has 0 radical (unpaired) electrons. The average Bonchev–Trinajstić information content (AvgIpc) is 2.62. The van der Waals surface area contributed by atoms with E-state index in [9.17, 15) is 19.3 Å². The standard InChI is InChI=1S/C17H18FN3O5/c1-11-14(18)8-13(9-15(11)21(23)24)16(22)20-10-12-4-3-5-19-17(12)26-7-6-25-2/h3-5,8-9H,6-7,10H2,1-2H3,(H,20,22). The highest BCUT2D eigenvalue weighted by atomic mass is 19.1. The Morgan fingerprint density at radius 3 is 2.85 bits per heavy atom. The Balaban J connectivity index is 2.11. The predicted octanol–water partition coefficient (Wildman–Crippen LogP) is 2.39. The summed E-state index contributed by atoms with van der Waals surface area (Å²) in [4.78, 5) is 26.6. The number of ether oxygens (including phenoxy) is 2. The fraction of sp³-hybridized carbons (Fsp3) is 0.294. The van der Waals surface area contributed by atoms with Crippen molar-refractivity contribution in [2.45, 2.75) is 13.5 Å². The van der Waals surface area contributed by atoms with Gasteiger partial charge in [-0.25, -0.2) is 9.37 Å². The summed E-state index contributed by atoms with van der Waals surface area (Å²) in [5, 5.41) is 13.5. The van der Waals surface area contributed by atoms with Gasteiger partial charge in [0.2, 0.25) is 5.88 Å². The highest BCUT2D eigenvalue weighted by Gasteiger charge is 2.19. The second kappa shape index (κ2) is 8.86. The molecule has 9 heteroatoms. The molecule has 0 bridgehead atoms. The fourth-order valence-electron chi connectivity index (χ4n) is 2.17. The van der Waals surface area contributed by atoms with E-state index >= 15 is 0 Å². The van der Waals surface area contributed by atoms with Crippen LogP contribution >= 0.6 is 0 Å². The van der Waals surface area contributed by atoms with Crippen molar-refractivity contribution in [2.75, 3.05) is 20.3 Å². The van der Waals surface area contributed by atoms with Crippen molar-refractivity contribution in [1.82, 2.24) is 10.3 Å². The summed E-state index contributed by atoms with van der Waals surface area (Å²) in [6.45, 7) is 2.03. The molecule has 0 aliphatic carbocycles. The smallest absolute Gasteiger partial charge is 0.276 e. The summed E-state index contributed by atoms with van der Waals surface area (Å²) in [5.74, 6) is -1.11. The van der Waals surface area contributed by atoms with Gasteiger partial charge in [0.05, 0.1) is 17.1 Å². The van der Waals surface area contributed by atoms with Crippen molar-refractivity contribution in [3.8, 4) is 5.88 Å². The Bertz CT molecular complexity index is 813. The van der Waals surface area contributed by atoms with E-state index in [-0.39, 0.29) is 17.7 Å². The van der Waals surface area contributed by atoms with E-state index in [4.69, 9.17) is 9.47 Å². The number of halogens is 1. The van der Waals surface area contributed by atoms with Crippen LogP contribution in [0, 0.1) is 22.9 Å². The minimum atomic E-state index is -0.811. The van der Waals surface area contributed by atoms with E-state index in [0.717, 1.165) is 12.1 Å². The Kier molecular flexibility index (Phi) is 6.56. The first-order valence-electron chi connectivity index (χ1n) is 7.72. The first-order valence-corrected chi connectivity index (χ1v) is 7.72. The molecule has 0 unspecified atom stereocenters. The largest absolute Gasteiger partial charge is 0.475 e. The molecule has 0 saturated heterocycles. The van der Waals surface area contributed by atoms with E-state index in [0.29, 0.717) is 24.7 Å². The molecule has 8 nitrogen and oxygen atoms in total. The third-order valence-electron chi connectivity index (χ3n) is 3.59. The Morgan fingerprint density at radius 1 is 1.38 bits per heavy atom. The maximum atomic E-state index is 13.8. The van der Waals surface area contributed by atoms with Crippen molar-refractivity contribution < 1.29 is 23.6 Å². The average molecular weight is 363 g/mol. The van der Waals surface area contributed by atoms with Gasteiger partial charge in [-0.1, -0.05) is 6.07 Å². The number of nitro benzene ring substituents is 1. The van der Waals surface area contributed by atoms with Crippen LogP contribution in [0.1, 0.15) is 21.5 Å². The number of carbonyl (C=O) groups is 1. The third-order valence-corrected chi connectivity index (χ3v) is 3.59. The lowest BCUT2D eigenvalue weighted by Gasteiger charge is -2.11.